The number of thiazole rings is 1. The lowest BCUT2D eigenvalue weighted by Crippen LogP contribution is -2.41. The Kier molecular flexibility index (Phi) is 7.02. The number of hydrogen-bond donors (Lipinski definition) is 1. The lowest BCUT2D eigenvalue weighted by Gasteiger charge is -2.32. The van der Waals surface area contributed by atoms with Gasteiger partial charge in [0.25, 0.3) is 0 Å². The Bertz CT molecular complexity index is 907. The Hall–Kier alpha value is -2.55. The van der Waals surface area contributed by atoms with Crippen molar-refractivity contribution in [2.75, 3.05) is 30.4 Å². The first-order valence-electron chi connectivity index (χ1n) is 10.2. The van der Waals surface area contributed by atoms with E-state index in [2.05, 4.69) is 39.0 Å². The zero-order valence-electron chi connectivity index (χ0n) is 18.2. The molecule has 2 aromatic rings. The standard InChI is InChI=1S/C21H29N5O3S/c1-12(2)9-16-17(19(28)29-5)24-21(30-16)25-18(27)15-7-6-8-26(11-15)20-22-13(3)10-14(4)23-20/h10,12,15H,6-9,11H2,1-5H3,(H,24,25,27)/t15-/m0/s1. The topological polar surface area (TPSA) is 97.3 Å². The van der Waals surface area contributed by atoms with E-state index in [-0.39, 0.29) is 11.8 Å². The molecule has 1 aliphatic rings. The molecule has 3 heterocycles. The zero-order valence-corrected chi connectivity index (χ0v) is 19.0. The largest absolute Gasteiger partial charge is 0.464 e. The zero-order chi connectivity index (χ0) is 21.8. The second-order valence-electron chi connectivity index (χ2n) is 8.11. The van der Waals surface area contributed by atoms with Crippen LogP contribution in [-0.2, 0) is 16.0 Å². The minimum Gasteiger partial charge on any atom is -0.464 e. The Balaban J connectivity index is 1.72. The average Bonchev–Trinajstić information content (AvgIpc) is 3.08. The molecule has 1 aliphatic heterocycles. The number of anilines is 2. The number of piperidine rings is 1. The SMILES string of the molecule is COC(=O)c1nc(NC(=O)[C@H]2CCCN(c3nc(C)cc(C)n3)C2)sc1CC(C)C. The van der Waals surface area contributed by atoms with Crippen LogP contribution in [0.25, 0.3) is 0 Å². The number of carbonyl (C=O) groups excluding carboxylic acids is 2. The quantitative estimate of drug-likeness (QED) is 0.700. The summed E-state index contributed by atoms with van der Waals surface area (Å²) in [7, 11) is 1.34. The van der Waals surface area contributed by atoms with Crippen LogP contribution in [0.3, 0.4) is 0 Å². The van der Waals surface area contributed by atoms with Crippen molar-refractivity contribution in [2.45, 2.75) is 47.0 Å². The maximum Gasteiger partial charge on any atom is 0.357 e. The van der Waals surface area contributed by atoms with Gasteiger partial charge in [-0.05, 0) is 45.1 Å². The van der Waals surface area contributed by atoms with Crippen LogP contribution < -0.4 is 10.2 Å². The van der Waals surface area contributed by atoms with Gasteiger partial charge in [0.2, 0.25) is 11.9 Å². The molecule has 1 atom stereocenters. The number of aromatic nitrogens is 3. The summed E-state index contributed by atoms with van der Waals surface area (Å²) < 4.78 is 4.85. The van der Waals surface area contributed by atoms with Crippen molar-refractivity contribution in [3.05, 3.63) is 28.0 Å². The molecule has 1 saturated heterocycles. The van der Waals surface area contributed by atoms with Crippen molar-refractivity contribution in [1.29, 1.82) is 0 Å². The number of rotatable bonds is 6. The predicted octanol–water partition coefficient (Wildman–Crippen LogP) is 3.39. The highest BCUT2D eigenvalue weighted by molar-refractivity contribution is 7.16. The number of ether oxygens (including phenoxy) is 1. The summed E-state index contributed by atoms with van der Waals surface area (Å²) in [6.45, 7) is 9.43. The van der Waals surface area contributed by atoms with E-state index in [9.17, 15) is 9.59 Å². The number of methoxy groups -OCH3 is 1. The number of nitrogens with one attached hydrogen (secondary N) is 1. The molecule has 0 bridgehead atoms. The fourth-order valence-electron chi connectivity index (χ4n) is 3.60. The third kappa shape index (κ3) is 5.33. The minimum absolute atomic E-state index is 0.0923. The van der Waals surface area contributed by atoms with Gasteiger partial charge in [0, 0.05) is 29.4 Å². The van der Waals surface area contributed by atoms with Crippen molar-refractivity contribution in [2.24, 2.45) is 11.8 Å². The smallest absolute Gasteiger partial charge is 0.357 e. The molecule has 1 N–H and O–H groups in total. The Labute approximate surface area is 181 Å². The maximum atomic E-state index is 12.9. The molecule has 30 heavy (non-hydrogen) atoms. The van der Waals surface area contributed by atoms with Gasteiger partial charge in [-0.2, -0.15) is 0 Å². The highest BCUT2D eigenvalue weighted by Gasteiger charge is 2.29. The van der Waals surface area contributed by atoms with Crippen LogP contribution in [0, 0.1) is 25.7 Å². The Morgan fingerprint density at radius 2 is 1.97 bits per heavy atom. The first kappa shape index (κ1) is 22.1. The molecule has 2 aromatic heterocycles. The second-order valence-corrected chi connectivity index (χ2v) is 9.19. The van der Waals surface area contributed by atoms with Crippen molar-refractivity contribution in [1.82, 2.24) is 15.0 Å². The fourth-order valence-corrected chi connectivity index (χ4v) is 4.76. The van der Waals surface area contributed by atoms with Crippen LogP contribution in [0.2, 0.25) is 0 Å². The van der Waals surface area contributed by atoms with E-state index < -0.39 is 5.97 Å². The van der Waals surface area contributed by atoms with Crippen LogP contribution >= 0.6 is 11.3 Å². The molecule has 0 radical (unpaired) electrons. The molecule has 0 aromatic carbocycles. The van der Waals surface area contributed by atoms with Crippen molar-refractivity contribution in [3.63, 3.8) is 0 Å². The van der Waals surface area contributed by atoms with Gasteiger partial charge in [-0.25, -0.2) is 19.7 Å². The summed E-state index contributed by atoms with van der Waals surface area (Å²) >= 11 is 1.34. The molecule has 0 saturated carbocycles. The third-order valence-electron chi connectivity index (χ3n) is 4.95. The number of esters is 1. The van der Waals surface area contributed by atoms with E-state index >= 15 is 0 Å². The maximum absolute atomic E-state index is 12.9. The Morgan fingerprint density at radius 3 is 2.60 bits per heavy atom. The molecular formula is C21H29N5O3S. The first-order chi connectivity index (χ1) is 14.3. The molecule has 9 heteroatoms. The van der Waals surface area contributed by atoms with E-state index in [4.69, 9.17) is 4.74 Å². The summed E-state index contributed by atoms with van der Waals surface area (Å²) in [6, 6.07) is 1.94. The molecule has 0 spiro atoms. The summed E-state index contributed by atoms with van der Waals surface area (Å²) in [5.41, 5.74) is 2.13. The van der Waals surface area contributed by atoms with Gasteiger partial charge in [0.05, 0.1) is 13.0 Å². The molecule has 0 unspecified atom stereocenters. The monoisotopic (exact) mass is 431 g/mol. The van der Waals surface area contributed by atoms with Crippen molar-refractivity contribution < 1.29 is 14.3 Å². The molecule has 3 rings (SSSR count). The highest BCUT2D eigenvalue weighted by atomic mass is 32.1. The average molecular weight is 432 g/mol. The van der Waals surface area contributed by atoms with Crippen LogP contribution in [0.1, 0.15) is 53.4 Å². The molecular weight excluding hydrogens is 402 g/mol. The van der Waals surface area contributed by atoms with Crippen LogP contribution in [0.15, 0.2) is 6.07 Å². The van der Waals surface area contributed by atoms with Crippen LogP contribution in [-0.4, -0.2) is 47.0 Å². The summed E-state index contributed by atoms with van der Waals surface area (Å²) in [6.07, 6.45) is 2.39. The summed E-state index contributed by atoms with van der Waals surface area (Å²) in [5.74, 6) is 0.277. The van der Waals surface area contributed by atoms with Gasteiger partial charge in [-0.3, -0.25) is 4.79 Å². The number of nitrogens with zero attached hydrogens (tertiary/aromatic N) is 4. The van der Waals surface area contributed by atoms with Gasteiger partial charge >= 0.3 is 5.97 Å². The molecule has 162 valence electrons. The van der Waals surface area contributed by atoms with Gasteiger partial charge in [-0.1, -0.05) is 13.8 Å². The Morgan fingerprint density at radius 1 is 1.27 bits per heavy atom. The lowest BCUT2D eigenvalue weighted by atomic mass is 9.97. The molecule has 1 fully saturated rings. The van der Waals surface area contributed by atoms with Crippen LogP contribution in [0.5, 0.6) is 0 Å². The number of aryl methyl sites for hydroxylation is 2. The number of hydrogen-bond acceptors (Lipinski definition) is 8. The van der Waals surface area contributed by atoms with Crippen molar-refractivity contribution in [3.8, 4) is 0 Å². The molecule has 8 nitrogen and oxygen atoms in total. The normalized spacial score (nSPS) is 16.6. The number of carbonyl (C=O) groups is 2. The highest BCUT2D eigenvalue weighted by Crippen LogP contribution is 2.28. The van der Waals surface area contributed by atoms with E-state index in [1.54, 1.807) is 0 Å². The fraction of sp³-hybridized carbons (Fsp3) is 0.571. The lowest BCUT2D eigenvalue weighted by molar-refractivity contribution is -0.120. The number of amides is 1. The summed E-state index contributed by atoms with van der Waals surface area (Å²) in [5, 5.41) is 3.35. The summed E-state index contributed by atoms with van der Waals surface area (Å²) in [4.78, 5) is 41.3. The van der Waals surface area contributed by atoms with E-state index in [0.29, 0.717) is 35.7 Å². The van der Waals surface area contributed by atoms with E-state index in [0.717, 1.165) is 35.7 Å². The molecule has 0 aliphatic carbocycles. The van der Waals surface area contributed by atoms with E-state index in [1.165, 1.54) is 18.4 Å². The van der Waals surface area contributed by atoms with Gasteiger partial charge in [-0.15, -0.1) is 11.3 Å². The predicted molar refractivity (Wildman–Crippen MR) is 117 cm³/mol. The second kappa shape index (κ2) is 9.51. The van der Waals surface area contributed by atoms with Gasteiger partial charge < -0.3 is 15.0 Å². The van der Waals surface area contributed by atoms with Gasteiger partial charge in [0.1, 0.15) is 0 Å². The first-order valence-corrected chi connectivity index (χ1v) is 11.0. The minimum atomic E-state index is -0.474. The van der Waals surface area contributed by atoms with Gasteiger partial charge in [0.15, 0.2) is 10.8 Å². The van der Waals surface area contributed by atoms with Crippen molar-refractivity contribution >= 4 is 34.3 Å². The third-order valence-corrected chi connectivity index (χ3v) is 5.94. The van der Waals surface area contributed by atoms with Crippen LogP contribution in [0.4, 0.5) is 11.1 Å². The van der Waals surface area contributed by atoms with E-state index in [1.807, 2.05) is 19.9 Å². The molecule has 1 amide bonds.